The van der Waals surface area contributed by atoms with Crippen LogP contribution in [0.4, 0.5) is 18.9 Å². The number of benzene rings is 2. The number of aromatic carboxylic acids is 1. The van der Waals surface area contributed by atoms with Crippen molar-refractivity contribution in [1.29, 1.82) is 0 Å². The maximum Gasteiger partial charge on any atom is 0.416 e. The van der Waals surface area contributed by atoms with Gasteiger partial charge in [-0.2, -0.15) is 13.2 Å². The third kappa shape index (κ3) is 5.16. The molecule has 9 heteroatoms. The van der Waals surface area contributed by atoms with Gasteiger partial charge in [-0.1, -0.05) is 6.07 Å². The summed E-state index contributed by atoms with van der Waals surface area (Å²) in [6.45, 7) is 1.59. The van der Waals surface area contributed by atoms with E-state index in [-0.39, 0.29) is 11.5 Å². The summed E-state index contributed by atoms with van der Waals surface area (Å²) in [5.41, 5.74) is 0.488. The van der Waals surface area contributed by atoms with Gasteiger partial charge in [0.15, 0.2) is 0 Å². The zero-order valence-corrected chi connectivity index (χ0v) is 16.5. The molecule has 3 rings (SSSR count). The molecule has 0 amide bonds. The van der Waals surface area contributed by atoms with E-state index < -0.39 is 17.7 Å². The molecule has 0 bridgehead atoms. The average Bonchev–Trinajstić information content (AvgIpc) is 2.71. The SMILES string of the molecule is COc1ccc(C(=O)O)cc1SNc1cc(C(F)(F)F)ccc1C1CCCNC1. The lowest BCUT2D eigenvalue weighted by Crippen LogP contribution is -2.28. The predicted octanol–water partition coefficient (Wildman–Crippen LogP) is 5.00. The van der Waals surface area contributed by atoms with E-state index in [1.807, 2.05) is 0 Å². The summed E-state index contributed by atoms with van der Waals surface area (Å²) in [5, 5.41) is 12.5. The predicted molar refractivity (Wildman–Crippen MR) is 106 cm³/mol. The van der Waals surface area contributed by atoms with Gasteiger partial charge < -0.3 is 19.9 Å². The van der Waals surface area contributed by atoms with Gasteiger partial charge in [0.25, 0.3) is 0 Å². The lowest BCUT2D eigenvalue weighted by Gasteiger charge is -2.26. The van der Waals surface area contributed by atoms with Crippen LogP contribution in [0.1, 0.15) is 40.2 Å². The van der Waals surface area contributed by atoms with Gasteiger partial charge in [-0.25, -0.2) is 4.79 Å². The number of carboxylic acid groups (broad SMARTS) is 1. The summed E-state index contributed by atoms with van der Waals surface area (Å²) in [7, 11) is 1.45. The standard InChI is InChI=1S/C20H21F3N2O3S/c1-28-17-7-4-12(19(26)27)9-18(17)29-25-16-10-14(20(21,22)23)5-6-15(16)13-3-2-8-24-11-13/h4-7,9-10,13,24-25H,2-3,8,11H2,1H3,(H,26,27). The van der Waals surface area contributed by atoms with Gasteiger partial charge >= 0.3 is 12.1 Å². The molecule has 1 atom stereocenters. The van der Waals surface area contributed by atoms with Gasteiger partial charge in [-0.05, 0) is 73.1 Å². The van der Waals surface area contributed by atoms with Crippen molar-refractivity contribution >= 4 is 23.6 Å². The van der Waals surface area contributed by atoms with Crippen LogP contribution in [-0.2, 0) is 6.18 Å². The van der Waals surface area contributed by atoms with Gasteiger partial charge in [-0.15, -0.1) is 0 Å². The number of hydrogen-bond acceptors (Lipinski definition) is 5. The zero-order chi connectivity index (χ0) is 21.0. The summed E-state index contributed by atoms with van der Waals surface area (Å²) in [6.07, 6.45) is -2.62. The highest BCUT2D eigenvalue weighted by molar-refractivity contribution is 8.00. The minimum Gasteiger partial charge on any atom is -0.496 e. The van der Waals surface area contributed by atoms with Crippen molar-refractivity contribution in [3.63, 3.8) is 0 Å². The number of rotatable bonds is 6. The number of methoxy groups -OCH3 is 1. The minimum absolute atomic E-state index is 0.0656. The van der Waals surface area contributed by atoms with E-state index in [1.54, 1.807) is 0 Å². The van der Waals surface area contributed by atoms with Crippen LogP contribution in [0.2, 0.25) is 0 Å². The molecule has 1 fully saturated rings. The van der Waals surface area contributed by atoms with Crippen LogP contribution in [0.3, 0.4) is 0 Å². The highest BCUT2D eigenvalue weighted by Gasteiger charge is 2.32. The molecule has 0 aliphatic carbocycles. The molecule has 1 aliphatic heterocycles. The number of carboxylic acids is 1. The monoisotopic (exact) mass is 426 g/mol. The van der Waals surface area contributed by atoms with E-state index in [0.717, 1.165) is 49.0 Å². The van der Waals surface area contributed by atoms with Crippen molar-refractivity contribution in [2.45, 2.75) is 29.8 Å². The van der Waals surface area contributed by atoms with Crippen molar-refractivity contribution in [3.05, 3.63) is 53.1 Å². The normalized spacial score (nSPS) is 17.0. The first-order valence-electron chi connectivity index (χ1n) is 9.05. The Labute approximate surface area is 170 Å². The first kappa shape index (κ1) is 21.3. The molecule has 0 saturated carbocycles. The summed E-state index contributed by atoms with van der Waals surface area (Å²) in [5.74, 6) is -0.565. The molecule has 2 aromatic rings. The molecular weight excluding hydrogens is 405 g/mol. The Hall–Kier alpha value is -2.39. The number of piperidine rings is 1. The molecule has 0 aromatic heterocycles. The highest BCUT2D eigenvalue weighted by atomic mass is 32.2. The summed E-state index contributed by atoms with van der Waals surface area (Å²) in [6, 6.07) is 8.08. The summed E-state index contributed by atoms with van der Waals surface area (Å²) < 4.78 is 47.9. The number of alkyl halides is 3. The lowest BCUT2D eigenvalue weighted by atomic mass is 9.90. The summed E-state index contributed by atoms with van der Waals surface area (Å²) in [4.78, 5) is 11.7. The second-order valence-corrected chi connectivity index (χ2v) is 7.57. The van der Waals surface area contributed by atoms with Crippen LogP contribution in [-0.4, -0.2) is 31.3 Å². The Balaban J connectivity index is 1.92. The van der Waals surface area contributed by atoms with Gasteiger partial charge in [0.2, 0.25) is 0 Å². The minimum atomic E-state index is -4.45. The molecule has 5 nitrogen and oxygen atoms in total. The Morgan fingerprint density at radius 1 is 1.28 bits per heavy atom. The third-order valence-corrected chi connectivity index (χ3v) is 5.66. The lowest BCUT2D eigenvalue weighted by molar-refractivity contribution is -0.137. The Kier molecular flexibility index (Phi) is 6.59. The maximum absolute atomic E-state index is 13.2. The van der Waals surface area contributed by atoms with E-state index in [2.05, 4.69) is 10.0 Å². The highest BCUT2D eigenvalue weighted by Crippen LogP contribution is 2.39. The van der Waals surface area contributed by atoms with Gasteiger partial charge in [0.05, 0.1) is 23.1 Å². The van der Waals surface area contributed by atoms with Crippen LogP contribution >= 0.6 is 11.9 Å². The fourth-order valence-electron chi connectivity index (χ4n) is 3.29. The van der Waals surface area contributed by atoms with Crippen molar-refractivity contribution in [2.75, 3.05) is 24.9 Å². The molecule has 29 heavy (non-hydrogen) atoms. The van der Waals surface area contributed by atoms with E-state index in [9.17, 15) is 23.1 Å². The molecule has 156 valence electrons. The molecule has 1 heterocycles. The maximum atomic E-state index is 13.2. The fraction of sp³-hybridized carbons (Fsp3) is 0.350. The van der Waals surface area contributed by atoms with E-state index in [0.29, 0.717) is 22.9 Å². The van der Waals surface area contributed by atoms with Crippen molar-refractivity contribution in [3.8, 4) is 5.75 Å². The zero-order valence-electron chi connectivity index (χ0n) is 15.7. The third-order valence-electron chi connectivity index (χ3n) is 4.80. The van der Waals surface area contributed by atoms with Crippen LogP contribution in [0.15, 0.2) is 41.3 Å². The Bertz CT molecular complexity index is 884. The first-order valence-corrected chi connectivity index (χ1v) is 9.87. The molecule has 1 unspecified atom stereocenters. The van der Waals surface area contributed by atoms with Crippen LogP contribution in [0.5, 0.6) is 5.75 Å². The van der Waals surface area contributed by atoms with Crippen molar-refractivity contribution in [2.24, 2.45) is 0 Å². The average molecular weight is 426 g/mol. The Morgan fingerprint density at radius 3 is 2.69 bits per heavy atom. The second kappa shape index (κ2) is 8.96. The van der Waals surface area contributed by atoms with Gasteiger partial charge in [-0.3, -0.25) is 0 Å². The first-order chi connectivity index (χ1) is 13.8. The molecule has 0 spiro atoms. The summed E-state index contributed by atoms with van der Waals surface area (Å²) >= 11 is 1.03. The molecule has 1 aliphatic rings. The number of anilines is 1. The van der Waals surface area contributed by atoms with Crippen molar-refractivity contribution in [1.82, 2.24) is 5.32 Å². The van der Waals surface area contributed by atoms with Crippen LogP contribution in [0.25, 0.3) is 0 Å². The van der Waals surface area contributed by atoms with Gasteiger partial charge in [0.1, 0.15) is 5.75 Å². The fourth-order valence-corrected chi connectivity index (χ4v) is 4.13. The molecule has 2 aromatic carbocycles. The molecular formula is C20H21F3N2O3S. The molecule has 0 radical (unpaired) electrons. The van der Waals surface area contributed by atoms with E-state index >= 15 is 0 Å². The van der Waals surface area contributed by atoms with Crippen molar-refractivity contribution < 1.29 is 27.8 Å². The quantitative estimate of drug-likeness (QED) is 0.565. The second-order valence-electron chi connectivity index (χ2n) is 6.72. The molecule has 1 saturated heterocycles. The van der Waals surface area contributed by atoms with Gasteiger partial charge in [0, 0.05) is 12.2 Å². The Morgan fingerprint density at radius 2 is 2.07 bits per heavy atom. The number of carbonyl (C=O) groups is 1. The van der Waals surface area contributed by atoms with Crippen LogP contribution < -0.4 is 14.8 Å². The van der Waals surface area contributed by atoms with Crippen LogP contribution in [0, 0.1) is 0 Å². The smallest absolute Gasteiger partial charge is 0.416 e. The number of halogens is 3. The molecule has 3 N–H and O–H groups in total. The largest absolute Gasteiger partial charge is 0.496 e. The topological polar surface area (TPSA) is 70.6 Å². The number of hydrogen-bond donors (Lipinski definition) is 3. The van der Waals surface area contributed by atoms with E-state index in [1.165, 1.54) is 31.4 Å². The number of nitrogens with one attached hydrogen (secondary N) is 2. The number of ether oxygens (including phenoxy) is 1. The van der Waals surface area contributed by atoms with E-state index in [4.69, 9.17) is 4.74 Å².